The predicted molar refractivity (Wildman–Crippen MR) is 168 cm³/mol. The SMILES string of the molecule is CO[C@@H]1C(O)[C@@H](COP(=O)(NCCCN(C)C)OC2C[C@H](n3cnc4c(=O)[nH]c(N)nc43)O[C@@H]2CO)O[C@H]1n1cnc2c(N)ncnc21. The second kappa shape index (κ2) is 14.1. The van der Waals surface area contributed by atoms with E-state index in [2.05, 4.69) is 35.0 Å². The molecule has 22 heteroatoms. The number of nitrogens with zero attached hydrogens (tertiary/aromatic N) is 8. The van der Waals surface area contributed by atoms with Gasteiger partial charge in [0.1, 0.15) is 48.6 Å². The van der Waals surface area contributed by atoms with E-state index in [1.807, 2.05) is 19.0 Å². The third-order valence-corrected chi connectivity index (χ3v) is 9.79. The van der Waals surface area contributed by atoms with Crippen LogP contribution >= 0.6 is 7.75 Å². The van der Waals surface area contributed by atoms with E-state index in [4.69, 9.17) is 34.7 Å². The van der Waals surface area contributed by atoms with Crippen molar-refractivity contribution in [1.82, 2.24) is 49.0 Å². The zero-order valence-corrected chi connectivity index (χ0v) is 27.3. The molecule has 8 N–H and O–H groups in total. The van der Waals surface area contributed by atoms with Gasteiger partial charge in [-0.3, -0.25) is 28.0 Å². The van der Waals surface area contributed by atoms with Crippen LogP contribution in [0.1, 0.15) is 25.3 Å². The van der Waals surface area contributed by atoms with Gasteiger partial charge in [-0.05, 0) is 27.1 Å². The number of aromatic nitrogens is 8. The van der Waals surface area contributed by atoms with Gasteiger partial charge in [-0.25, -0.2) is 29.6 Å². The number of aromatic amines is 1. The summed E-state index contributed by atoms with van der Waals surface area (Å²) in [5.41, 5.74) is 12.1. The Balaban J connectivity index is 1.19. The largest absolute Gasteiger partial charge is 0.405 e. The van der Waals surface area contributed by atoms with Crippen molar-refractivity contribution in [2.24, 2.45) is 0 Å². The number of imidazole rings is 2. The highest BCUT2D eigenvalue weighted by Crippen LogP contribution is 2.49. The van der Waals surface area contributed by atoms with Gasteiger partial charge in [0.15, 0.2) is 28.9 Å². The molecule has 4 aromatic rings. The zero-order chi connectivity index (χ0) is 34.2. The van der Waals surface area contributed by atoms with Crippen LogP contribution in [0.2, 0.25) is 0 Å². The number of nitrogens with one attached hydrogen (secondary N) is 2. The minimum absolute atomic E-state index is 0.0525. The van der Waals surface area contributed by atoms with Crippen LogP contribution in [0.15, 0.2) is 23.8 Å². The van der Waals surface area contributed by atoms with E-state index in [0.717, 1.165) is 0 Å². The summed E-state index contributed by atoms with van der Waals surface area (Å²) in [5, 5.41) is 24.2. The summed E-state index contributed by atoms with van der Waals surface area (Å²) in [6.07, 6.45) is -1.81. The van der Waals surface area contributed by atoms with Gasteiger partial charge in [-0.2, -0.15) is 4.98 Å². The van der Waals surface area contributed by atoms with Crippen molar-refractivity contribution < 1.29 is 38.0 Å². The number of anilines is 2. The molecule has 2 fully saturated rings. The first-order valence-electron chi connectivity index (χ1n) is 15.1. The molecule has 2 aliphatic rings. The Morgan fingerprint density at radius 3 is 2.65 bits per heavy atom. The van der Waals surface area contributed by atoms with Crippen LogP contribution in [-0.4, -0.2) is 132 Å². The maximum absolute atomic E-state index is 14.3. The highest BCUT2D eigenvalue weighted by Gasteiger charge is 2.48. The number of hydrogen-bond donors (Lipinski definition) is 6. The van der Waals surface area contributed by atoms with Crippen molar-refractivity contribution in [3.63, 3.8) is 0 Å². The summed E-state index contributed by atoms with van der Waals surface area (Å²) in [5.74, 6) is 0.0747. The van der Waals surface area contributed by atoms with Gasteiger partial charge in [-0.15, -0.1) is 0 Å². The smallest absolute Gasteiger partial charge is 0.394 e. The van der Waals surface area contributed by atoms with Crippen molar-refractivity contribution in [3.8, 4) is 0 Å². The van der Waals surface area contributed by atoms with Crippen LogP contribution in [0.3, 0.4) is 0 Å². The first-order valence-corrected chi connectivity index (χ1v) is 16.7. The maximum Gasteiger partial charge on any atom is 0.405 e. The summed E-state index contributed by atoms with van der Waals surface area (Å²) in [6.45, 7) is 0.115. The molecule has 0 spiro atoms. The predicted octanol–water partition coefficient (Wildman–Crippen LogP) is -1.27. The summed E-state index contributed by atoms with van der Waals surface area (Å²) in [4.78, 5) is 37.4. The molecule has 2 saturated heterocycles. The molecule has 2 aliphatic heterocycles. The molecule has 21 nitrogen and oxygen atoms in total. The number of ether oxygens (including phenoxy) is 3. The van der Waals surface area contributed by atoms with Crippen LogP contribution in [0.5, 0.6) is 0 Å². The number of nitrogens with two attached hydrogens (primary N) is 2. The molecule has 3 unspecified atom stereocenters. The Morgan fingerprint density at radius 2 is 1.90 bits per heavy atom. The Hall–Kier alpha value is -3.63. The van der Waals surface area contributed by atoms with Crippen molar-refractivity contribution >= 4 is 41.8 Å². The van der Waals surface area contributed by atoms with Gasteiger partial charge in [0.25, 0.3) is 5.56 Å². The topological polar surface area (TPSA) is 278 Å². The third-order valence-electron chi connectivity index (χ3n) is 8.14. The minimum atomic E-state index is -4.14. The van der Waals surface area contributed by atoms with Crippen LogP contribution in [0.4, 0.5) is 11.8 Å². The molecule has 6 rings (SSSR count). The zero-order valence-electron chi connectivity index (χ0n) is 26.4. The Labute approximate surface area is 273 Å². The average molecular weight is 695 g/mol. The summed E-state index contributed by atoms with van der Waals surface area (Å²) < 4.78 is 47.1. The molecule has 48 heavy (non-hydrogen) atoms. The molecule has 0 amide bonds. The van der Waals surface area contributed by atoms with E-state index in [-0.39, 0.29) is 42.5 Å². The number of methoxy groups -OCH3 is 1. The van der Waals surface area contributed by atoms with E-state index >= 15 is 0 Å². The summed E-state index contributed by atoms with van der Waals surface area (Å²) in [6, 6.07) is 0. The van der Waals surface area contributed by atoms with Gasteiger partial charge >= 0.3 is 7.75 Å². The average Bonchev–Trinajstić information content (AvgIpc) is 3.82. The fourth-order valence-corrected chi connectivity index (χ4v) is 7.35. The lowest BCUT2D eigenvalue weighted by molar-refractivity contribution is -0.0597. The van der Waals surface area contributed by atoms with Crippen LogP contribution in [0, 0.1) is 0 Å². The number of aliphatic hydroxyl groups is 2. The Morgan fingerprint density at radius 1 is 1.12 bits per heavy atom. The van der Waals surface area contributed by atoms with E-state index in [0.29, 0.717) is 24.1 Å². The van der Waals surface area contributed by atoms with Gasteiger partial charge in [0.05, 0.1) is 25.9 Å². The van der Waals surface area contributed by atoms with E-state index < -0.39 is 62.9 Å². The van der Waals surface area contributed by atoms with Gasteiger partial charge in [0, 0.05) is 20.1 Å². The molecule has 4 aromatic heterocycles. The number of hydrogen-bond acceptors (Lipinski definition) is 17. The maximum atomic E-state index is 14.3. The Kier molecular flexibility index (Phi) is 10.0. The van der Waals surface area contributed by atoms with E-state index in [1.165, 1.54) is 30.7 Å². The number of rotatable bonds is 14. The van der Waals surface area contributed by atoms with Crippen molar-refractivity contribution in [2.45, 2.75) is 55.8 Å². The number of nitrogen functional groups attached to an aromatic ring is 2. The normalized spacial score (nSPS) is 27.4. The monoisotopic (exact) mass is 694 g/mol. The molecule has 8 atom stereocenters. The van der Waals surface area contributed by atoms with E-state index in [1.54, 1.807) is 4.57 Å². The van der Waals surface area contributed by atoms with Crippen LogP contribution in [0.25, 0.3) is 22.3 Å². The van der Waals surface area contributed by atoms with Crippen molar-refractivity contribution in [2.75, 3.05) is 59.0 Å². The fraction of sp³-hybridized carbons (Fsp3) is 0.615. The lowest BCUT2D eigenvalue weighted by Crippen LogP contribution is -2.36. The van der Waals surface area contributed by atoms with E-state index in [9.17, 15) is 19.6 Å². The van der Waals surface area contributed by atoms with Crippen LogP contribution in [-0.2, 0) is 27.8 Å². The molecular formula is C26H39N12O9P. The highest BCUT2D eigenvalue weighted by molar-refractivity contribution is 7.51. The summed E-state index contributed by atoms with van der Waals surface area (Å²) >= 11 is 0. The first-order chi connectivity index (χ1) is 23.0. The quantitative estimate of drug-likeness (QED) is 0.0663. The number of fused-ring (bicyclic) bond motifs is 2. The molecule has 0 aromatic carbocycles. The molecule has 6 heterocycles. The molecule has 0 saturated carbocycles. The molecule has 0 radical (unpaired) electrons. The Bertz CT molecular complexity index is 1830. The number of aliphatic hydroxyl groups excluding tert-OH is 2. The van der Waals surface area contributed by atoms with Gasteiger partial charge in [0.2, 0.25) is 5.95 Å². The van der Waals surface area contributed by atoms with Gasteiger partial charge < -0.3 is 40.8 Å². The second-order valence-corrected chi connectivity index (χ2v) is 13.4. The highest BCUT2D eigenvalue weighted by atomic mass is 31.2. The first kappa shape index (κ1) is 34.2. The standard InChI is InChI=1S/C26H39N12O9P/c1-36(2)6-4-5-33-48(42,47-13-7-16(45-14(13)8-39)37-11-32-18-23(37)34-26(28)35-24(18)41)44-9-15-19(40)20(43-3)25(46-15)38-12-31-17-21(27)29-10-30-22(17)38/h10-16,19-20,25,39-40H,4-9H2,1-3H3,(H,33,42)(H2,27,29,30)(H3,28,34,35,41)/t13?,14-,15-,16-,19?,20-,25-,48?/m1/s1. The molecule has 0 bridgehead atoms. The minimum Gasteiger partial charge on any atom is -0.394 e. The third kappa shape index (κ3) is 6.79. The molecule has 0 aliphatic carbocycles. The number of H-pyrrole nitrogens is 1. The fourth-order valence-electron chi connectivity index (χ4n) is 5.77. The lowest BCUT2D eigenvalue weighted by Gasteiger charge is -2.26. The second-order valence-electron chi connectivity index (χ2n) is 11.7. The van der Waals surface area contributed by atoms with Gasteiger partial charge in [-0.1, -0.05) is 0 Å². The molecular weight excluding hydrogens is 655 g/mol. The van der Waals surface area contributed by atoms with Crippen LogP contribution < -0.4 is 22.1 Å². The van der Waals surface area contributed by atoms with Crippen molar-refractivity contribution in [1.29, 1.82) is 0 Å². The molecule has 262 valence electrons. The lowest BCUT2D eigenvalue weighted by atomic mass is 10.1. The van der Waals surface area contributed by atoms with Crippen molar-refractivity contribution in [3.05, 3.63) is 29.3 Å². The summed E-state index contributed by atoms with van der Waals surface area (Å²) in [7, 11) is 1.10.